The molecule has 1 heterocycles. The maximum absolute atomic E-state index is 12.9. The Balaban J connectivity index is 1.86. The lowest BCUT2D eigenvalue weighted by Crippen LogP contribution is -2.06. The number of rotatable bonds is 4. The van der Waals surface area contributed by atoms with Crippen molar-refractivity contribution in [2.45, 2.75) is 12.7 Å². The van der Waals surface area contributed by atoms with Gasteiger partial charge < -0.3 is 5.32 Å². The average Bonchev–Trinajstić information content (AvgIpc) is 2.59. The van der Waals surface area contributed by atoms with Crippen LogP contribution in [0.5, 0.6) is 0 Å². The molecule has 0 amide bonds. The minimum Gasteiger partial charge on any atom is -0.366 e. The molecule has 1 N–H and O–H groups in total. The lowest BCUT2D eigenvalue weighted by atomic mass is 10.1. The molecule has 3 aromatic rings. The number of halogens is 5. The van der Waals surface area contributed by atoms with Crippen LogP contribution in [0.1, 0.15) is 11.1 Å². The maximum Gasteiger partial charge on any atom is 0.416 e. The minimum atomic E-state index is -4.44. The highest BCUT2D eigenvalue weighted by Crippen LogP contribution is 2.32. The Hall–Kier alpha value is -2.31. The van der Waals surface area contributed by atoms with E-state index in [1.165, 1.54) is 18.2 Å². The molecule has 0 aliphatic rings. The Morgan fingerprint density at radius 1 is 0.923 bits per heavy atom. The number of aromatic nitrogens is 2. The number of alkyl halides is 3. The summed E-state index contributed by atoms with van der Waals surface area (Å²) in [5.41, 5.74) is 0.382. The summed E-state index contributed by atoms with van der Waals surface area (Å²) in [6, 6.07) is 13.6. The van der Waals surface area contributed by atoms with E-state index in [-0.39, 0.29) is 16.5 Å². The van der Waals surface area contributed by atoms with Gasteiger partial charge in [-0.15, -0.1) is 0 Å². The smallest absolute Gasteiger partial charge is 0.366 e. The first kappa shape index (κ1) is 18.5. The molecule has 0 unspecified atom stereocenters. The molecule has 0 aliphatic carbocycles. The molecular weight excluding hydrogens is 386 g/mol. The fraction of sp³-hybridized carbons (Fsp3) is 0.111. The fourth-order valence-electron chi connectivity index (χ4n) is 2.31. The van der Waals surface area contributed by atoms with Crippen molar-refractivity contribution in [2.75, 3.05) is 5.32 Å². The number of hydrogen-bond acceptors (Lipinski definition) is 3. The van der Waals surface area contributed by atoms with E-state index in [4.69, 9.17) is 23.2 Å². The van der Waals surface area contributed by atoms with Gasteiger partial charge in [-0.2, -0.15) is 13.2 Å². The molecule has 0 atom stereocenters. The summed E-state index contributed by atoms with van der Waals surface area (Å²) in [7, 11) is 0. The molecule has 0 fully saturated rings. The first-order chi connectivity index (χ1) is 12.3. The highest BCUT2D eigenvalue weighted by atomic mass is 35.5. The first-order valence-electron chi connectivity index (χ1n) is 7.52. The van der Waals surface area contributed by atoms with Crippen molar-refractivity contribution in [3.8, 4) is 11.4 Å². The lowest BCUT2D eigenvalue weighted by molar-refractivity contribution is -0.137. The van der Waals surface area contributed by atoms with Gasteiger partial charge in [0.15, 0.2) is 5.82 Å². The highest BCUT2D eigenvalue weighted by molar-refractivity contribution is 6.30. The molecule has 2 aromatic carbocycles. The van der Waals surface area contributed by atoms with Crippen molar-refractivity contribution in [2.24, 2.45) is 0 Å². The van der Waals surface area contributed by atoms with E-state index in [2.05, 4.69) is 15.3 Å². The van der Waals surface area contributed by atoms with Crippen LogP contribution in [0.2, 0.25) is 10.2 Å². The van der Waals surface area contributed by atoms with Crippen molar-refractivity contribution in [3.05, 3.63) is 75.9 Å². The fourth-order valence-corrected chi connectivity index (χ4v) is 2.71. The van der Waals surface area contributed by atoms with Crippen LogP contribution in [0.4, 0.5) is 19.0 Å². The van der Waals surface area contributed by atoms with Crippen molar-refractivity contribution >= 4 is 29.0 Å². The second-order valence-corrected chi connectivity index (χ2v) is 6.29. The number of anilines is 1. The SMILES string of the molecule is FC(F)(F)c1cccc(-c2nc(Cl)cc(NCc3cccc(Cl)c3)n2)c1. The normalized spacial score (nSPS) is 11.4. The Kier molecular flexibility index (Phi) is 5.34. The molecule has 0 spiro atoms. The van der Waals surface area contributed by atoms with Crippen LogP contribution in [-0.2, 0) is 12.7 Å². The molecule has 0 saturated carbocycles. The largest absolute Gasteiger partial charge is 0.416 e. The number of nitrogens with zero attached hydrogens (tertiary/aromatic N) is 2. The van der Waals surface area contributed by atoms with E-state index < -0.39 is 11.7 Å². The molecule has 0 aliphatic heterocycles. The summed E-state index contributed by atoms with van der Waals surface area (Å²) in [6.07, 6.45) is -4.44. The molecule has 0 saturated heterocycles. The summed E-state index contributed by atoms with van der Waals surface area (Å²) in [6.45, 7) is 0.427. The summed E-state index contributed by atoms with van der Waals surface area (Å²) < 4.78 is 38.7. The van der Waals surface area contributed by atoms with Crippen LogP contribution in [-0.4, -0.2) is 9.97 Å². The maximum atomic E-state index is 12.9. The van der Waals surface area contributed by atoms with E-state index >= 15 is 0 Å². The third kappa shape index (κ3) is 4.65. The summed E-state index contributed by atoms with van der Waals surface area (Å²) in [5, 5.41) is 3.80. The Bertz CT molecular complexity index is 930. The van der Waals surface area contributed by atoms with Crippen LogP contribution in [0.3, 0.4) is 0 Å². The van der Waals surface area contributed by atoms with Crippen molar-refractivity contribution in [1.29, 1.82) is 0 Å². The van der Waals surface area contributed by atoms with Crippen LogP contribution in [0.15, 0.2) is 54.6 Å². The standard InChI is InChI=1S/C18H12Cl2F3N3/c19-14-6-1-3-11(7-14)10-24-16-9-15(20)25-17(26-16)12-4-2-5-13(8-12)18(21,22)23/h1-9H,10H2,(H,24,25,26). The van der Waals surface area contributed by atoms with Gasteiger partial charge in [0.25, 0.3) is 0 Å². The Labute approximate surface area is 157 Å². The molecule has 26 heavy (non-hydrogen) atoms. The van der Waals surface area contributed by atoms with E-state index in [1.54, 1.807) is 12.1 Å². The second kappa shape index (κ2) is 7.51. The van der Waals surface area contributed by atoms with Gasteiger partial charge in [-0.3, -0.25) is 0 Å². The predicted molar refractivity (Wildman–Crippen MR) is 96.3 cm³/mol. The van der Waals surface area contributed by atoms with Gasteiger partial charge in [-0.05, 0) is 29.8 Å². The average molecular weight is 398 g/mol. The van der Waals surface area contributed by atoms with E-state index in [0.717, 1.165) is 17.7 Å². The lowest BCUT2D eigenvalue weighted by Gasteiger charge is -2.10. The Morgan fingerprint density at radius 2 is 1.69 bits per heavy atom. The molecule has 0 bridgehead atoms. The van der Waals surface area contributed by atoms with Gasteiger partial charge in [0.05, 0.1) is 5.56 Å². The van der Waals surface area contributed by atoms with Gasteiger partial charge in [0.2, 0.25) is 0 Å². The van der Waals surface area contributed by atoms with Crippen LogP contribution in [0, 0.1) is 0 Å². The van der Waals surface area contributed by atoms with Crippen molar-refractivity contribution < 1.29 is 13.2 Å². The van der Waals surface area contributed by atoms with Crippen LogP contribution in [0.25, 0.3) is 11.4 Å². The second-order valence-electron chi connectivity index (χ2n) is 5.46. The molecule has 3 rings (SSSR count). The van der Waals surface area contributed by atoms with Gasteiger partial charge in [0, 0.05) is 23.2 Å². The van der Waals surface area contributed by atoms with Crippen LogP contribution >= 0.6 is 23.2 Å². The van der Waals surface area contributed by atoms with E-state index in [0.29, 0.717) is 17.4 Å². The molecule has 3 nitrogen and oxygen atoms in total. The van der Waals surface area contributed by atoms with Gasteiger partial charge in [-0.25, -0.2) is 9.97 Å². The van der Waals surface area contributed by atoms with Crippen molar-refractivity contribution in [1.82, 2.24) is 9.97 Å². The van der Waals surface area contributed by atoms with E-state index in [9.17, 15) is 13.2 Å². The number of nitrogens with one attached hydrogen (secondary N) is 1. The van der Waals surface area contributed by atoms with Gasteiger partial charge in [-0.1, -0.05) is 47.5 Å². The van der Waals surface area contributed by atoms with Crippen molar-refractivity contribution in [3.63, 3.8) is 0 Å². The predicted octanol–water partition coefficient (Wildman–Crippen LogP) is 6.08. The molecule has 1 aromatic heterocycles. The molecule has 8 heteroatoms. The Morgan fingerprint density at radius 3 is 2.42 bits per heavy atom. The third-order valence-corrected chi connectivity index (χ3v) is 3.93. The summed E-state index contributed by atoms with van der Waals surface area (Å²) >= 11 is 11.9. The zero-order valence-corrected chi connectivity index (χ0v) is 14.7. The first-order valence-corrected chi connectivity index (χ1v) is 8.27. The molecule has 134 valence electrons. The summed E-state index contributed by atoms with van der Waals surface area (Å²) in [5.74, 6) is 0.509. The molecule has 0 radical (unpaired) electrons. The monoisotopic (exact) mass is 397 g/mol. The minimum absolute atomic E-state index is 0.109. The third-order valence-electron chi connectivity index (χ3n) is 3.51. The number of hydrogen-bond donors (Lipinski definition) is 1. The molecular formula is C18H12Cl2F3N3. The zero-order valence-electron chi connectivity index (χ0n) is 13.2. The van der Waals surface area contributed by atoms with Crippen LogP contribution < -0.4 is 5.32 Å². The highest BCUT2D eigenvalue weighted by Gasteiger charge is 2.30. The zero-order chi connectivity index (χ0) is 18.7. The quantitative estimate of drug-likeness (QED) is 0.541. The topological polar surface area (TPSA) is 37.8 Å². The van der Waals surface area contributed by atoms with Gasteiger partial charge in [0.1, 0.15) is 11.0 Å². The summed E-state index contributed by atoms with van der Waals surface area (Å²) in [4.78, 5) is 8.28. The van der Waals surface area contributed by atoms with E-state index in [1.807, 2.05) is 12.1 Å². The van der Waals surface area contributed by atoms with Gasteiger partial charge >= 0.3 is 6.18 Å². The number of benzene rings is 2.